The molecule has 0 atom stereocenters. The van der Waals surface area contributed by atoms with Crippen LogP contribution in [0.5, 0.6) is 0 Å². The molecule has 0 radical (unpaired) electrons. The normalized spacial score (nSPS) is 15.0. The first-order chi connectivity index (χ1) is 14.9. The van der Waals surface area contributed by atoms with Gasteiger partial charge < -0.3 is 10.6 Å². The summed E-state index contributed by atoms with van der Waals surface area (Å²) in [5, 5.41) is 5.82. The van der Waals surface area contributed by atoms with E-state index in [1.54, 1.807) is 18.2 Å². The second kappa shape index (κ2) is 9.26. The van der Waals surface area contributed by atoms with Gasteiger partial charge in [0.1, 0.15) is 11.4 Å². The predicted molar refractivity (Wildman–Crippen MR) is 120 cm³/mol. The lowest BCUT2D eigenvalue weighted by Crippen LogP contribution is -2.13. The van der Waals surface area contributed by atoms with Crippen molar-refractivity contribution in [1.82, 2.24) is 9.97 Å². The summed E-state index contributed by atoms with van der Waals surface area (Å²) in [5.74, 6) is 0.266. The van der Waals surface area contributed by atoms with Crippen LogP contribution in [0, 0.1) is 0 Å². The van der Waals surface area contributed by atoms with Gasteiger partial charge in [-0.25, -0.2) is 4.98 Å². The highest BCUT2D eigenvalue weighted by Crippen LogP contribution is 2.37. The van der Waals surface area contributed by atoms with E-state index in [0.29, 0.717) is 17.3 Å². The van der Waals surface area contributed by atoms with Crippen molar-refractivity contribution in [2.45, 2.75) is 44.2 Å². The molecule has 1 saturated carbocycles. The second-order valence-corrected chi connectivity index (χ2v) is 8.59. The maximum absolute atomic E-state index is 13.6. The summed E-state index contributed by atoms with van der Waals surface area (Å²) in [4.78, 5) is 7.99. The molecule has 31 heavy (non-hydrogen) atoms. The smallest absolute Gasteiger partial charge is 0.340 e. The van der Waals surface area contributed by atoms with Gasteiger partial charge in [-0.2, -0.15) is 18.2 Å². The van der Waals surface area contributed by atoms with Crippen molar-refractivity contribution in [3.05, 3.63) is 70.3 Å². The zero-order valence-electron chi connectivity index (χ0n) is 16.7. The molecule has 4 rings (SSSR count). The fourth-order valence-electron chi connectivity index (χ4n) is 3.85. The predicted octanol–water partition coefficient (Wildman–Crippen LogP) is 7.79. The molecular weight excluding hydrogens is 469 g/mol. The summed E-state index contributed by atoms with van der Waals surface area (Å²) in [5.41, 5.74) is 1.51. The van der Waals surface area contributed by atoms with Gasteiger partial charge in [-0.3, -0.25) is 0 Å². The lowest BCUT2D eigenvalue weighted by atomic mass is 9.84. The van der Waals surface area contributed by atoms with Gasteiger partial charge in [-0.05, 0) is 60.7 Å². The number of nitrogens with one attached hydrogen (secondary N) is 2. The number of hydrogen-bond donors (Lipinski definition) is 2. The van der Waals surface area contributed by atoms with Gasteiger partial charge in [-0.15, -0.1) is 0 Å². The first-order valence-corrected chi connectivity index (χ1v) is 11.0. The summed E-state index contributed by atoms with van der Waals surface area (Å²) in [7, 11) is 0. The van der Waals surface area contributed by atoms with Gasteiger partial charge in [-0.1, -0.05) is 47.3 Å². The molecule has 0 bridgehead atoms. The van der Waals surface area contributed by atoms with Crippen molar-refractivity contribution >= 4 is 39.1 Å². The maximum Gasteiger partial charge on any atom is 0.421 e. The molecule has 0 aliphatic heterocycles. The Kier molecular flexibility index (Phi) is 6.46. The van der Waals surface area contributed by atoms with Gasteiger partial charge >= 0.3 is 6.18 Å². The van der Waals surface area contributed by atoms with Crippen molar-refractivity contribution in [3.63, 3.8) is 0 Å². The van der Waals surface area contributed by atoms with E-state index in [-0.39, 0.29) is 11.8 Å². The maximum atomic E-state index is 13.6. The number of benzene rings is 2. The minimum Gasteiger partial charge on any atom is -0.340 e. The van der Waals surface area contributed by atoms with Crippen LogP contribution in [-0.2, 0) is 6.18 Å². The lowest BCUT2D eigenvalue weighted by Gasteiger charge is -2.22. The van der Waals surface area contributed by atoms with Gasteiger partial charge in [0.2, 0.25) is 5.95 Å². The summed E-state index contributed by atoms with van der Waals surface area (Å²) >= 11 is 3.35. The Morgan fingerprint density at radius 3 is 2.35 bits per heavy atom. The number of hydrogen-bond acceptors (Lipinski definition) is 4. The fraction of sp³-hybridized carbons (Fsp3) is 0.304. The van der Waals surface area contributed by atoms with Crippen molar-refractivity contribution in [3.8, 4) is 0 Å². The Labute approximate surface area is 187 Å². The summed E-state index contributed by atoms with van der Waals surface area (Å²) in [6, 6.07) is 14.8. The lowest BCUT2D eigenvalue weighted by molar-refractivity contribution is -0.137. The van der Waals surface area contributed by atoms with Gasteiger partial charge in [0.25, 0.3) is 0 Å². The minimum atomic E-state index is -4.57. The van der Waals surface area contributed by atoms with Crippen LogP contribution in [0.2, 0.25) is 0 Å². The van der Waals surface area contributed by atoms with Crippen LogP contribution in [0.25, 0.3) is 0 Å². The summed E-state index contributed by atoms with van der Waals surface area (Å²) in [6.45, 7) is 0. The first-order valence-electron chi connectivity index (χ1n) is 10.2. The van der Waals surface area contributed by atoms with Crippen molar-refractivity contribution in [2.75, 3.05) is 10.6 Å². The average molecular weight is 491 g/mol. The molecule has 0 amide bonds. The SMILES string of the molecule is FC(F)(F)c1cnc(Nc2ccc(Br)cc2)nc1Nc1cccc(C2CCCCC2)c1. The van der Waals surface area contributed by atoms with Gasteiger partial charge in [0.15, 0.2) is 0 Å². The fourth-order valence-corrected chi connectivity index (χ4v) is 4.11. The molecule has 1 aromatic heterocycles. The number of nitrogens with zero attached hydrogens (tertiary/aromatic N) is 2. The quantitative estimate of drug-likeness (QED) is 0.383. The minimum absolute atomic E-state index is 0.0845. The van der Waals surface area contributed by atoms with Crippen LogP contribution in [0.3, 0.4) is 0 Å². The number of alkyl halides is 3. The third kappa shape index (κ3) is 5.55. The largest absolute Gasteiger partial charge is 0.421 e. The molecule has 3 aromatic rings. The molecule has 0 saturated heterocycles. The summed E-state index contributed by atoms with van der Waals surface area (Å²) in [6.07, 6.45) is 2.10. The molecule has 1 heterocycles. The number of rotatable bonds is 5. The van der Waals surface area contributed by atoms with Gasteiger partial charge in [0, 0.05) is 22.0 Å². The van der Waals surface area contributed by atoms with E-state index in [1.807, 2.05) is 30.3 Å². The number of aromatic nitrogens is 2. The van der Waals surface area contributed by atoms with Crippen LogP contribution in [0.4, 0.5) is 36.3 Å². The van der Waals surface area contributed by atoms with Crippen LogP contribution >= 0.6 is 15.9 Å². The van der Waals surface area contributed by atoms with E-state index in [2.05, 4.69) is 36.5 Å². The van der Waals surface area contributed by atoms with E-state index in [1.165, 1.54) is 19.3 Å². The van der Waals surface area contributed by atoms with Gasteiger partial charge in [0.05, 0.1) is 0 Å². The molecule has 4 nitrogen and oxygen atoms in total. The van der Waals surface area contributed by atoms with E-state index >= 15 is 0 Å². The Bertz CT molecular complexity index is 1030. The number of anilines is 4. The van der Waals surface area contributed by atoms with Crippen molar-refractivity contribution in [2.24, 2.45) is 0 Å². The molecule has 0 spiro atoms. The van der Waals surface area contributed by atoms with E-state index < -0.39 is 11.7 Å². The molecule has 1 aliphatic carbocycles. The Morgan fingerprint density at radius 2 is 1.65 bits per heavy atom. The zero-order chi connectivity index (χ0) is 21.8. The van der Waals surface area contributed by atoms with Crippen molar-refractivity contribution < 1.29 is 13.2 Å². The average Bonchev–Trinajstić information content (AvgIpc) is 2.76. The summed E-state index contributed by atoms with van der Waals surface area (Å²) < 4.78 is 41.6. The van der Waals surface area contributed by atoms with Crippen LogP contribution in [-0.4, -0.2) is 9.97 Å². The Balaban J connectivity index is 1.61. The van der Waals surface area contributed by atoms with E-state index in [0.717, 1.165) is 29.1 Å². The van der Waals surface area contributed by atoms with E-state index in [9.17, 15) is 13.2 Å². The van der Waals surface area contributed by atoms with Crippen molar-refractivity contribution in [1.29, 1.82) is 0 Å². The first kappa shape index (κ1) is 21.6. The van der Waals surface area contributed by atoms with Crippen LogP contribution in [0.1, 0.15) is 49.1 Å². The van der Waals surface area contributed by atoms with E-state index in [4.69, 9.17) is 0 Å². The van der Waals surface area contributed by atoms with Crippen LogP contribution in [0.15, 0.2) is 59.2 Å². The molecule has 1 aliphatic rings. The highest BCUT2D eigenvalue weighted by atomic mass is 79.9. The molecule has 0 unspecified atom stereocenters. The monoisotopic (exact) mass is 490 g/mol. The third-order valence-electron chi connectivity index (χ3n) is 5.42. The molecule has 2 aromatic carbocycles. The molecule has 1 fully saturated rings. The Morgan fingerprint density at radius 1 is 0.903 bits per heavy atom. The topological polar surface area (TPSA) is 49.8 Å². The third-order valence-corrected chi connectivity index (χ3v) is 5.95. The highest BCUT2D eigenvalue weighted by Gasteiger charge is 2.35. The molecule has 162 valence electrons. The molecular formula is C23H22BrF3N4. The number of halogens is 4. The molecule has 8 heteroatoms. The standard InChI is InChI=1S/C23H22BrF3N4/c24-17-9-11-18(12-10-17)30-22-28-14-20(23(25,26)27)21(31-22)29-19-8-4-7-16(13-19)15-5-2-1-3-6-15/h4,7-15H,1-3,5-6H2,(H2,28,29,30,31). The Hall–Kier alpha value is -2.61. The van der Waals surface area contributed by atoms with Crippen LogP contribution < -0.4 is 10.6 Å². The molecule has 2 N–H and O–H groups in total. The highest BCUT2D eigenvalue weighted by molar-refractivity contribution is 9.10. The second-order valence-electron chi connectivity index (χ2n) is 7.67. The zero-order valence-corrected chi connectivity index (χ0v) is 18.3.